The number of hydrogen-bond acceptors (Lipinski definition) is 4. The van der Waals surface area contributed by atoms with Gasteiger partial charge < -0.3 is 10.1 Å². The molecule has 0 heterocycles. The van der Waals surface area contributed by atoms with E-state index in [4.69, 9.17) is 4.74 Å². The van der Waals surface area contributed by atoms with Crippen LogP contribution >= 0.6 is 11.8 Å². The van der Waals surface area contributed by atoms with Gasteiger partial charge in [0.05, 0.1) is 22.8 Å². The zero-order valence-corrected chi connectivity index (χ0v) is 14.6. The fourth-order valence-electron chi connectivity index (χ4n) is 1.95. The zero-order chi connectivity index (χ0) is 20.1. The highest BCUT2D eigenvalue weighted by Crippen LogP contribution is 2.30. The number of halogens is 5. The van der Waals surface area contributed by atoms with Crippen LogP contribution in [0, 0.1) is 29.1 Å². The fraction of sp³-hybridized carbons (Fsp3) is 0.176. The van der Waals surface area contributed by atoms with Gasteiger partial charge in [0.2, 0.25) is 11.7 Å². The van der Waals surface area contributed by atoms with Crippen molar-refractivity contribution in [1.29, 1.82) is 0 Å². The van der Waals surface area contributed by atoms with Gasteiger partial charge in [-0.05, 0) is 31.2 Å². The summed E-state index contributed by atoms with van der Waals surface area (Å²) in [5.74, 6) is -12.3. The molecule has 0 atom stereocenters. The second-order valence-corrected chi connectivity index (χ2v) is 6.02. The molecule has 1 N–H and O–H groups in total. The highest BCUT2D eigenvalue weighted by Gasteiger charge is 2.26. The van der Waals surface area contributed by atoms with Crippen molar-refractivity contribution >= 4 is 29.3 Å². The van der Waals surface area contributed by atoms with Gasteiger partial charge in [0.25, 0.3) is 0 Å². The van der Waals surface area contributed by atoms with Crippen LogP contribution in [0.25, 0.3) is 0 Å². The van der Waals surface area contributed by atoms with Crippen molar-refractivity contribution in [2.75, 3.05) is 17.7 Å². The standard InChI is InChI=1S/C17H12F5NO3S/c1-2-26-17(25)8-3-5-9(6-4-8)23-10(24)7-27-16-14(21)12(19)11(18)13(20)15(16)22/h3-6H,2,7H2,1H3,(H,23,24). The van der Waals surface area contributed by atoms with Gasteiger partial charge in [-0.2, -0.15) is 0 Å². The first-order valence-electron chi connectivity index (χ1n) is 7.47. The molecule has 0 bridgehead atoms. The van der Waals surface area contributed by atoms with Gasteiger partial charge in [-0.15, -0.1) is 11.8 Å². The van der Waals surface area contributed by atoms with Crippen molar-refractivity contribution in [3.8, 4) is 0 Å². The molecule has 4 nitrogen and oxygen atoms in total. The Labute approximate surface area is 154 Å². The Balaban J connectivity index is 2.02. The smallest absolute Gasteiger partial charge is 0.338 e. The Morgan fingerprint density at radius 1 is 0.926 bits per heavy atom. The number of nitrogens with one attached hydrogen (secondary N) is 1. The summed E-state index contributed by atoms with van der Waals surface area (Å²) >= 11 is 0.170. The molecule has 0 radical (unpaired) electrons. The first-order valence-corrected chi connectivity index (χ1v) is 8.46. The highest BCUT2D eigenvalue weighted by molar-refractivity contribution is 8.00. The quantitative estimate of drug-likeness (QED) is 0.256. The number of carbonyl (C=O) groups excluding carboxylic acids is 2. The first-order chi connectivity index (χ1) is 12.8. The van der Waals surface area contributed by atoms with Crippen molar-refractivity contribution in [3.63, 3.8) is 0 Å². The van der Waals surface area contributed by atoms with E-state index in [2.05, 4.69) is 5.32 Å². The number of benzene rings is 2. The van der Waals surface area contributed by atoms with Crippen molar-refractivity contribution in [1.82, 2.24) is 0 Å². The Morgan fingerprint density at radius 3 is 1.96 bits per heavy atom. The van der Waals surface area contributed by atoms with Gasteiger partial charge in [0.1, 0.15) is 0 Å². The largest absolute Gasteiger partial charge is 0.462 e. The van der Waals surface area contributed by atoms with E-state index in [1.165, 1.54) is 24.3 Å². The van der Waals surface area contributed by atoms with E-state index < -0.39 is 51.6 Å². The molecular weight excluding hydrogens is 393 g/mol. The van der Waals surface area contributed by atoms with E-state index in [-0.39, 0.29) is 29.6 Å². The third-order valence-electron chi connectivity index (χ3n) is 3.20. The van der Waals surface area contributed by atoms with Crippen LogP contribution in [0.5, 0.6) is 0 Å². The SMILES string of the molecule is CCOC(=O)c1ccc(NC(=O)CSc2c(F)c(F)c(F)c(F)c2F)cc1. The molecule has 2 rings (SSSR count). The van der Waals surface area contributed by atoms with E-state index in [0.29, 0.717) is 0 Å². The van der Waals surface area contributed by atoms with E-state index in [0.717, 1.165) is 0 Å². The van der Waals surface area contributed by atoms with Crippen LogP contribution in [0.4, 0.5) is 27.6 Å². The van der Waals surface area contributed by atoms with Crippen molar-refractivity contribution in [3.05, 3.63) is 58.9 Å². The van der Waals surface area contributed by atoms with E-state index >= 15 is 0 Å². The lowest BCUT2D eigenvalue weighted by molar-refractivity contribution is -0.113. The molecule has 10 heteroatoms. The van der Waals surface area contributed by atoms with Gasteiger partial charge in [-0.25, -0.2) is 26.7 Å². The van der Waals surface area contributed by atoms with Crippen LogP contribution in [0.15, 0.2) is 29.2 Å². The summed E-state index contributed by atoms with van der Waals surface area (Å²) in [6.07, 6.45) is 0. The van der Waals surface area contributed by atoms with E-state index in [1.54, 1.807) is 6.92 Å². The van der Waals surface area contributed by atoms with Crippen LogP contribution in [0.3, 0.4) is 0 Å². The number of hydrogen-bond donors (Lipinski definition) is 1. The Hall–Kier alpha value is -2.62. The second-order valence-electron chi connectivity index (χ2n) is 5.03. The Kier molecular flexibility index (Phi) is 6.78. The minimum Gasteiger partial charge on any atom is -0.462 e. The summed E-state index contributed by atoms with van der Waals surface area (Å²) in [6.45, 7) is 1.85. The molecule has 0 unspecified atom stereocenters. The second kappa shape index (κ2) is 8.85. The normalized spacial score (nSPS) is 10.6. The van der Waals surface area contributed by atoms with Crippen molar-refractivity contribution in [2.24, 2.45) is 0 Å². The lowest BCUT2D eigenvalue weighted by atomic mass is 10.2. The van der Waals surface area contributed by atoms with Gasteiger partial charge in [0.15, 0.2) is 23.3 Å². The van der Waals surface area contributed by atoms with E-state index in [1.807, 2.05) is 0 Å². The molecule has 0 aliphatic rings. The summed E-state index contributed by atoms with van der Waals surface area (Å²) < 4.78 is 71.1. The average Bonchev–Trinajstić information content (AvgIpc) is 2.65. The van der Waals surface area contributed by atoms with Crippen LogP contribution in [-0.2, 0) is 9.53 Å². The van der Waals surface area contributed by atoms with Gasteiger partial charge in [-0.3, -0.25) is 4.79 Å². The summed E-state index contributed by atoms with van der Waals surface area (Å²) in [6, 6.07) is 5.58. The summed E-state index contributed by atoms with van der Waals surface area (Å²) in [5.41, 5.74) is 0.525. The summed E-state index contributed by atoms with van der Waals surface area (Å²) in [5, 5.41) is 2.37. The topological polar surface area (TPSA) is 55.4 Å². The number of carbonyl (C=O) groups is 2. The minimum atomic E-state index is -2.26. The Bertz CT molecular complexity index is 845. The number of anilines is 1. The summed E-state index contributed by atoms with van der Waals surface area (Å²) in [7, 11) is 0. The van der Waals surface area contributed by atoms with Crippen LogP contribution < -0.4 is 5.32 Å². The molecule has 0 saturated carbocycles. The third-order valence-corrected chi connectivity index (χ3v) is 4.25. The monoisotopic (exact) mass is 405 g/mol. The highest BCUT2D eigenvalue weighted by atomic mass is 32.2. The molecule has 0 aliphatic carbocycles. The fourth-order valence-corrected chi connectivity index (χ4v) is 2.73. The molecule has 0 aromatic heterocycles. The van der Waals surface area contributed by atoms with E-state index in [9.17, 15) is 31.5 Å². The minimum absolute atomic E-state index is 0.170. The molecule has 27 heavy (non-hydrogen) atoms. The number of esters is 1. The predicted molar refractivity (Wildman–Crippen MR) is 88.0 cm³/mol. The van der Waals surface area contributed by atoms with Gasteiger partial charge >= 0.3 is 5.97 Å². The molecule has 1 amide bonds. The average molecular weight is 405 g/mol. The molecule has 0 fully saturated rings. The van der Waals surface area contributed by atoms with Crippen LogP contribution in [-0.4, -0.2) is 24.2 Å². The number of thioether (sulfide) groups is 1. The number of amides is 1. The Morgan fingerprint density at radius 2 is 1.44 bits per heavy atom. The molecule has 144 valence electrons. The predicted octanol–water partition coefficient (Wildman–Crippen LogP) is 4.29. The molecular formula is C17H12F5NO3S. The lowest BCUT2D eigenvalue weighted by Crippen LogP contribution is -2.15. The number of rotatable bonds is 6. The lowest BCUT2D eigenvalue weighted by Gasteiger charge is -2.09. The third kappa shape index (κ3) is 4.76. The maximum atomic E-state index is 13.5. The molecule has 0 spiro atoms. The van der Waals surface area contributed by atoms with Crippen molar-refractivity contribution < 1.29 is 36.3 Å². The zero-order valence-electron chi connectivity index (χ0n) is 13.7. The maximum Gasteiger partial charge on any atom is 0.338 e. The molecule has 0 aliphatic heterocycles. The molecule has 2 aromatic rings. The van der Waals surface area contributed by atoms with Crippen molar-refractivity contribution in [2.45, 2.75) is 11.8 Å². The first kappa shape index (κ1) is 20.7. The maximum absolute atomic E-state index is 13.5. The van der Waals surface area contributed by atoms with Crippen LogP contribution in [0.1, 0.15) is 17.3 Å². The molecule has 0 saturated heterocycles. The van der Waals surface area contributed by atoms with Crippen LogP contribution in [0.2, 0.25) is 0 Å². The van der Waals surface area contributed by atoms with Gasteiger partial charge in [0, 0.05) is 5.69 Å². The summed E-state index contributed by atoms with van der Waals surface area (Å²) in [4.78, 5) is 22.2. The molecule has 2 aromatic carbocycles. The number of ether oxygens (including phenoxy) is 1. The van der Waals surface area contributed by atoms with Gasteiger partial charge in [-0.1, -0.05) is 0 Å².